The average Bonchev–Trinajstić information content (AvgIpc) is 2.72. The van der Waals surface area contributed by atoms with Crippen molar-refractivity contribution in [3.05, 3.63) is 65.2 Å². The van der Waals surface area contributed by atoms with E-state index in [1.807, 2.05) is 62.9 Å². The molecule has 0 fully saturated rings. The molecule has 2 atom stereocenters. The third-order valence-electron chi connectivity index (χ3n) is 5.35. The highest BCUT2D eigenvalue weighted by molar-refractivity contribution is 5.81. The van der Waals surface area contributed by atoms with Gasteiger partial charge in [0.1, 0.15) is 5.75 Å². The maximum atomic E-state index is 13.0. The van der Waals surface area contributed by atoms with E-state index in [1.54, 1.807) is 6.92 Å². The van der Waals surface area contributed by atoms with Crippen molar-refractivity contribution in [1.29, 1.82) is 0 Å². The largest absolute Gasteiger partial charge is 0.481 e. The molecule has 0 radical (unpaired) electrons. The van der Waals surface area contributed by atoms with E-state index in [1.165, 1.54) is 5.56 Å². The Hall–Kier alpha value is -2.82. The minimum absolute atomic E-state index is 0.0603. The fraction of sp³-hybridized carbons (Fsp3) is 0.440. The van der Waals surface area contributed by atoms with Crippen molar-refractivity contribution in [3.63, 3.8) is 0 Å². The summed E-state index contributed by atoms with van der Waals surface area (Å²) >= 11 is 0. The highest BCUT2D eigenvalue weighted by atomic mass is 16.5. The van der Waals surface area contributed by atoms with Crippen molar-refractivity contribution < 1.29 is 14.3 Å². The maximum absolute atomic E-state index is 13.0. The number of hydrogen-bond acceptors (Lipinski definition) is 3. The van der Waals surface area contributed by atoms with Crippen LogP contribution in [-0.2, 0) is 16.0 Å². The zero-order valence-corrected chi connectivity index (χ0v) is 18.5. The molecule has 0 bridgehead atoms. The van der Waals surface area contributed by atoms with E-state index >= 15 is 0 Å². The predicted molar refractivity (Wildman–Crippen MR) is 118 cm³/mol. The molecule has 0 saturated heterocycles. The predicted octanol–water partition coefficient (Wildman–Crippen LogP) is 4.11. The summed E-state index contributed by atoms with van der Waals surface area (Å²) in [5.41, 5.74) is 3.36. The van der Waals surface area contributed by atoms with Gasteiger partial charge in [-0.1, -0.05) is 50.2 Å². The number of benzene rings is 2. The number of carbonyl (C=O) groups excluding carboxylic acids is 2. The number of hydrogen-bond donors (Lipinski definition) is 1. The average molecular weight is 409 g/mol. The van der Waals surface area contributed by atoms with Crippen molar-refractivity contribution in [2.75, 3.05) is 6.54 Å². The summed E-state index contributed by atoms with van der Waals surface area (Å²) in [6.45, 7) is 10.2. The van der Waals surface area contributed by atoms with Crippen molar-refractivity contribution in [1.82, 2.24) is 10.2 Å². The number of fused-ring (bicyclic) bond motifs is 1. The summed E-state index contributed by atoms with van der Waals surface area (Å²) < 4.78 is 5.95. The first kappa shape index (κ1) is 21.9. The monoisotopic (exact) mass is 408 g/mol. The summed E-state index contributed by atoms with van der Waals surface area (Å²) in [6, 6.07) is 16.0. The first-order chi connectivity index (χ1) is 14.3. The highest BCUT2D eigenvalue weighted by Crippen LogP contribution is 2.38. The van der Waals surface area contributed by atoms with Gasteiger partial charge in [-0.25, -0.2) is 0 Å². The van der Waals surface area contributed by atoms with Gasteiger partial charge in [-0.15, -0.1) is 0 Å². The molecule has 2 unspecified atom stereocenters. The molecular weight excluding hydrogens is 376 g/mol. The summed E-state index contributed by atoms with van der Waals surface area (Å²) in [7, 11) is 0. The van der Waals surface area contributed by atoms with E-state index in [9.17, 15) is 9.59 Å². The summed E-state index contributed by atoms with van der Waals surface area (Å²) in [4.78, 5) is 27.2. The Bertz CT molecular complexity index is 893. The van der Waals surface area contributed by atoms with Gasteiger partial charge < -0.3 is 15.0 Å². The van der Waals surface area contributed by atoms with Gasteiger partial charge in [0.2, 0.25) is 5.91 Å². The molecule has 0 aromatic heterocycles. The highest BCUT2D eigenvalue weighted by Gasteiger charge is 2.33. The number of amides is 2. The van der Waals surface area contributed by atoms with Gasteiger partial charge in [0.15, 0.2) is 6.10 Å². The van der Waals surface area contributed by atoms with Gasteiger partial charge in [-0.2, -0.15) is 0 Å². The summed E-state index contributed by atoms with van der Waals surface area (Å²) in [5.74, 6) is 0.571. The van der Waals surface area contributed by atoms with Crippen LogP contribution in [-0.4, -0.2) is 35.4 Å². The van der Waals surface area contributed by atoms with Crippen LogP contribution in [0.4, 0.5) is 0 Å². The van der Waals surface area contributed by atoms with Crippen LogP contribution < -0.4 is 10.1 Å². The second-order valence-corrected chi connectivity index (χ2v) is 8.53. The molecule has 1 heterocycles. The fourth-order valence-corrected chi connectivity index (χ4v) is 3.89. The molecule has 160 valence electrons. The third kappa shape index (κ3) is 4.84. The SMILES string of the molecule is CC(C)NC(=O)C(C)Oc1ccc2c(c1)C(c1ccccc1)N(C(=O)C(C)C)CC2. The molecule has 1 N–H and O–H groups in total. The number of ether oxygens (including phenoxy) is 1. The topological polar surface area (TPSA) is 58.6 Å². The van der Waals surface area contributed by atoms with Gasteiger partial charge in [0.05, 0.1) is 6.04 Å². The van der Waals surface area contributed by atoms with Crippen molar-refractivity contribution in [2.45, 2.75) is 59.2 Å². The lowest BCUT2D eigenvalue weighted by molar-refractivity contribution is -0.136. The van der Waals surface area contributed by atoms with Crippen LogP contribution in [0, 0.1) is 5.92 Å². The zero-order valence-electron chi connectivity index (χ0n) is 18.5. The van der Waals surface area contributed by atoms with Crippen LogP contribution in [0.2, 0.25) is 0 Å². The van der Waals surface area contributed by atoms with E-state index in [2.05, 4.69) is 23.5 Å². The smallest absolute Gasteiger partial charge is 0.260 e. The minimum atomic E-state index is -0.599. The molecule has 0 spiro atoms. The van der Waals surface area contributed by atoms with Crippen LogP contribution in [0.1, 0.15) is 57.4 Å². The second kappa shape index (κ2) is 9.33. The molecule has 5 nitrogen and oxygen atoms in total. The first-order valence-corrected chi connectivity index (χ1v) is 10.7. The Balaban J connectivity index is 1.95. The van der Waals surface area contributed by atoms with Crippen molar-refractivity contribution in [3.8, 4) is 5.75 Å². The molecule has 30 heavy (non-hydrogen) atoms. The lowest BCUT2D eigenvalue weighted by Gasteiger charge is -2.39. The lowest BCUT2D eigenvalue weighted by Crippen LogP contribution is -2.42. The van der Waals surface area contributed by atoms with Gasteiger partial charge >= 0.3 is 0 Å². The standard InChI is InChI=1S/C25H32N2O3/c1-16(2)25(29)27-14-13-19-11-12-21(30-18(5)24(28)26-17(3)4)15-22(19)23(27)20-9-7-6-8-10-20/h6-12,15-18,23H,13-14H2,1-5H3,(H,26,28). The Labute approximate surface area is 179 Å². The fourth-order valence-electron chi connectivity index (χ4n) is 3.89. The van der Waals surface area contributed by atoms with Gasteiger partial charge in [-0.3, -0.25) is 9.59 Å². The molecule has 2 amide bonds. The summed E-state index contributed by atoms with van der Waals surface area (Å²) in [5, 5.41) is 2.88. The van der Waals surface area contributed by atoms with Crippen LogP contribution >= 0.6 is 0 Å². The molecule has 5 heteroatoms. The van der Waals surface area contributed by atoms with Gasteiger partial charge in [-0.05, 0) is 56.0 Å². The minimum Gasteiger partial charge on any atom is -0.481 e. The zero-order chi connectivity index (χ0) is 21.8. The quantitative estimate of drug-likeness (QED) is 0.783. The van der Waals surface area contributed by atoms with Crippen molar-refractivity contribution >= 4 is 11.8 Å². The Kier molecular flexibility index (Phi) is 6.80. The second-order valence-electron chi connectivity index (χ2n) is 8.53. The van der Waals surface area contributed by atoms with E-state index in [-0.39, 0.29) is 29.8 Å². The molecule has 0 saturated carbocycles. The Morgan fingerprint density at radius 3 is 2.37 bits per heavy atom. The molecule has 3 rings (SSSR count). The third-order valence-corrected chi connectivity index (χ3v) is 5.35. The van der Waals surface area contributed by atoms with Crippen LogP contribution in [0.15, 0.2) is 48.5 Å². The molecule has 0 aliphatic carbocycles. The van der Waals surface area contributed by atoms with E-state index in [0.29, 0.717) is 12.3 Å². The number of nitrogens with one attached hydrogen (secondary N) is 1. The molecule has 1 aliphatic heterocycles. The van der Waals surface area contributed by atoms with E-state index in [0.717, 1.165) is 17.5 Å². The number of nitrogens with zero attached hydrogens (tertiary/aromatic N) is 1. The van der Waals surface area contributed by atoms with E-state index in [4.69, 9.17) is 4.74 Å². The van der Waals surface area contributed by atoms with Gasteiger partial charge in [0.25, 0.3) is 5.91 Å². The first-order valence-electron chi connectivity index (χ1n) is 10.7. The van der Waals surface area contributed by atoms with E-state index < -0.39 is 6.10 Å². The van der Waals surface area contributed by atoms with Crippen LogP contribution in [0.5, 0.6) is 5.75 Å². The normalized spacial score (nSPS) is 16.9. The molecule has 2 aromatic rings. The van der Waals surface area contributed by atoms with Gasteiger partial charge in [0, 0.05) is 18.5 Å². The lowest BCUT2D eigenvalue weighted by atomic mass is 9.87. The Morgan fingerprint density at radius 2 is 1.73 bits per heavy atom. The molecular formula is C25H32N2O3. The molecule has 1 aliphatic rings. The Morgan fingerprint density at radius 1 is 1.03 bits per heavy atom. The maximum Gasteiger partial charge on any atom is 0.260 e. The summed E-state index contributed by atoms with van der Waals surface area (Å²) in [6.07, 6.45) is 0.207. The number of carbonyl (C=O) groups is 2. The van der Waals surface area contributed by atoms with Crippen LogP contribution in [0.25, 0.3) is 0 Å². The van der Waals surface area contributed by atoms with Crippen LogP contribution in [0.3, 0.4) is 0 Å². The molecule has 2 aromatic carbocycles. The van der Waals surface area contributed by atoms with Crippen molar-refractivity contribution in [2.24, 2.45) is 5.92 Å². The number of rotatable bonds is 6.